The van der Waals surface area contributed by atoms with Gasteiger partial charge in [-0.2, -0.15) is 0 Å². The molecule has 3 rings (SSSR count). The number of amides is 1. The predicted octanol–water partition coefficient (Wildman–Crippen LogP) is 2.71. The summed E-state index contributed by atoms with van der Waals surface area (Å²) in [5.74, 6) is -6.69. The molecule has 45 heavy (non-hydrogen) atoms. The van der Waals surface area contributed by atoms with Crippen LogP contribution in [0.1, 0.15) is 40.1 Å². The third kappa shape index (κ3) is 9.28. The summed E-state index contributed by atoms with van der Waals surface area (Å²) in [6.45, 7) is 2.25. The van der Waals surface area contributed by atoms with Gasteiger partial charge in [0.25, 0.3) is 5.91 Å². The average Bonchev–Trinajstić information content (AvgIpc) is 3.01. The fraction of sp³-hybridized carbons (Fsp3) is 0.226. The summed E-state index contributed by atoms with van der Waals surface area (Å²) < 4.78 is 30.8. The number of methoxy groups -OCH3 is 2. The summed E-state index contributed by atoms with van der Waals surface area (Å²) in [7, 11) is 2.50. The van der Waals surface area contributed by atoms with Gasteiger partial charge in [-0.3, -0.25) is 14.4 Å². The highest BCUT2D eigenvalue weighted by Crippen LogP contribution is 2.30. The quantitative estimate of drug-likeness (QED) is 0.209. The number of carboxylic acid groups (broad SMARTS) is 1. The van der Waals surface area contributed by atoms with E-state index >= 15 is 0 Å². The van der Waals surface area contributed by atoms with E-state index < -0.39 is 48.0 Å². The minimum atomic E-state index is -2.32. The Labute approximate surface area is 256 Å². The fourth-order valence-electron chi connectivity index (χ4n) is 3.81. The second kappa shape index (κ2) is 15.5. The van der Waals surface area contributed by atoms with Crippen molar-refractivity contribution in [2.24, 2.45) is 0 Å². The van der Waals surface area contributed by atoms with Crippen molar-refractivity contribution in [3.63, 3.8) is 0 Å². The molecule has 3 aromatic carbocycles. The molecule has 14 nitrogen and oxygen atoms in total. The van der Waals surface area contributed by atoms with E-state index in [-0.39, 0.29) is 40.7 Å². The van der Waals surface area contributed by atoms with Gasteiger partial charge in [0.1, 0.15) is 0 Å². The van der Waals surface area contributed by atoms with E-state index in [9.17, 15) is 33.9 Å². The number of carbonyl (C=O) groups excluding carboxylic acids is 5. The first-order valence-electron chi connectivity index (χ1n) is 13.1. The molecule has 0 unspecified atom stereocenters. The Hall–Kier alpha value is -5.92. The van der Waals surface area contributed by atoms with Gasteiger partial charge >= 0.3 is 29.8 Å². The summed E-state index contributed by atoms with van der Waals surface area (Å²) in [5, 5.41) is 12.5. The first-order valence-corrected chi connectivity index (χ1v) is 13.1. The molecule has 14 heteroatoms. The molecule has 0 spiro atoms. The van der Waals surface area contributed by atoms with Gasteiger partial charge in [-0.1, -0.05) is 30.3 Å². The number of carboxylic acids is 1. The first-order chi connectivity index (χ1) is 21.4. The zero-order valence-electron chi connectivity index (χ0n) is 24.6. The number of hydrogen-bond acceptors (Lipinski definition) is 12. The van der Waals surface area contributed by atoms with Crippen molar-refractivity contribution in [2.75, 3.05) is 14.2 Å². The van der Waals surface area contributed by atoms with Crippen LogP contribution in [0.25, 0.3) is 0 Å². The van der Waals surface area contributed by atoms with Crippen LogP contribution in [0.3, 0.4) is 0 Å². The number of esters is 4. The maximum Gasteiger partial charge on any atom is 0.349 e. The van der Waals surface area contributed by atoms with Crippen LogP contribution in [0.4, 0.5) is 0 Å². The van der Waals surface area contributed by atoms with Crippen LogP contribution in [0.5, 0.6) is 23.0 Å². The molecule has 0 radical (unpaired) electrons. The van der Waals surface area contributed by atoms with E-state index in [1.807, 2.05) is 0 Å². The summed E-state index contributed by atoms with van der Waals surface area (Å²) in [6.07, 6.45) is -4.50. The molecule has 0 bridgehead atoms. The lowest BCUT2D eigenvalue weighted by atomic mass is 10.1. The predicted molar refractivity (Wildman–Crippen MR) is 153 cm³/mol. The number of aliphatic carboxylic acids is 1. The van der Waals surface area contributed by atoms with Crippen molar-refractivity contribution in [3.8, 4) is 23.0 Å². The van der Waals surface area contributed by atoms with E-state index in [1.54, 1.807) is 30.3 Å². The van der Waals surface area contributed by atoms with Gasteiger partial charge in [0, 0.05) is 20.4 Å². The van der Waals surface area contributed by atoms with E-state index in [0.29, 0.717) is 5.56 Å². The SMILES string of the molecule is COc1cc(C(=O)O[C@H](C(=O)O)[C@H](OC(=O)c2ccc(OC(C)=O)c(OC)c2)C(=O)NCc2ccccc2)ccc1OC(C)=O. The first kappa shape index (κ1) is 33.6. The standard InChI is InChI=1S/C31H29NO13/c1-17(33)42-22-12-10-20(14-24(22)40-3)30(38)44-26(28(35)32-16-19-8-6-5-7-9-19)27(29(36)37)45-31(39)21-11-13-23(43-18(2)34)25(15-21)41-4/h5-15,26-27H,16H2,1-4H3,(H,32,35)(H,36,37)/t26-,27-/m0/s1. The van der Waals surface area contributed by atoms with Gasteiger partial charge in [0.15, 0.2) is 23.0 Å². The molecule has 2 N–H and O–H groups in total. The van der Waals surface area contributed by atoms with Crippen molar-refractivity contribution in [1.82, 2.24) is 5.32 Å². The second-order valence-corrected chi connectivity index (χ2v) is 9.11. The Morgan fingerprint density at radius 1 is 0.667 bits per heavy atom. The van der Waals surface area contributed by atoms with Crippen LogP contribution in [0, 0.1) is 0 Å². The molecule has 0 aromatic heterocycles. The molecule has 236 valence electrons. The number of rotatable bonds is 13. The summed E-state index contributed by atoms with van der Waals surface area (Å²) in [4.78, 5) is 74.6. The molecular weight excluding hydrogens is 594 g/mol. The highest BCUT2D eigenvalue weighted by atomic mass is 16.6. The van der Waals surface area contributed by atoms with Crippen LogP contribution >= 0.6 is 0 Å². The van der Waals surface area contributed by atoms with Crippen molar-refractivity contribution >= 4 is 35.8 Å². The largest absolute Gasteiger partial charge is 0.493 e. The average molecular weight is 624 g/mol. The Bertz CT molecular complexity index is 1590. The van der Waals surface area contributed by atoms with Gasteiger partial charge < -0.3 is 38.8 Å². The molecule has 2 atom stereocenters. The van der Waals surface area contributed by atoms with Crippen LogP contribution in [-0.2, 0) is 35.2 Å². The van der Waals surface area contributed by atoms with Gasteiger partial charge in [-0.05, 0) is 42.0 Å². The fourth-order valence-corrected chi connectivity index (χ4v) is 3.81. The molecule has 0 saturated heterocycles. The van der Waals surface area contributed by atoms with Crippen LogP contribution in [0.15, 0.2) is 66.7 Å². The number of ether oxygens (including phenoxy) is 6. The van der Waals surface area contributed by atoms with Crippen LogP contribution in [-0.4, -0.2) is 67.3 Å². The van der Waals surface area contributed by atoms with Crippen LogP contribution < -0.4 is 24.3 Å². The smallest absolute Gasteiger partial charge is 0.349 e. The summed E-state index contributed by atoms with van der Waals surface area (Å²) in [6, 6.07) is 15.7. The minimum Gasteiger partial charge on any atom is -0.493 e. The van der Waals surface area contributed by atoms with E-state index in [0.717, 1.165) is 26.0 Å². The highest BCUT2D eigenvalue weighted by Gasteiger charge is 2.41. The Kier molecular flexibility index (Phi) is 11.6. The third-order valence-electron chi connectivity index (χ3n) is 5.86. The molecule has 1 amide bonds. The summed E-state index contributed by atoms with van der Waals surface area (Å²) in [5.41, 5.74) is 0.213. The van der Waals surface area contributed by atoms with Gasteiger partial charge in [0.2, 0.25) is 12.2 Å². The lowest BCUT2D eigenvalue weighted by Gasteiger charge is -2.24. The normalized spacial score (nSPS) is 11.6. The minimum absolute atomic E-state index is 0.00815. The molecule has 0 aliphatic rings. The molecular formula is C31H29NO13. The van der Waals surface area contributed by atoms with Crippen molar-refractivity contribution in [2.45, 2.75) is 32.6 Å². The topological polar surface area (TPSA) is 190 Å². The summed E-state index contributed by atoms with van der Waals surface area (Å²) >= 11 is 0. The van der Waals surface area contributed by atoms with Crippen LogP contribution in [0.2, 0.25) is 0 Å². The van der Waals surface area contributed by atoms with E-state index in [2.05, 4.69) is 5.32 Å². The van der Waals surface area contributed by atoms with Gasteiger partial charge in [0.05, 0.1) is 25.3 Å². The molecule has 3 aromatic rings. The molecule has 0 aliphatic heterocycles. The molecule has 0 fully saturated rings. The monoisotopic (exact) mass is 623 g/mol. The van der Waals surface area contributed by atoms with E-state index in [1.165, 1.54) is 38.5 Å². The zero-order valence-corrected chi connectivity index (χ0v) is 24.6. The molecule has 0 heterocycles. The van der Waals surface area contributed by atoms with Gasteiger partial charge in [-0.15, -0.1) is 0 Å². The number of hydrogen-bond donors (Lipinski definition) is 2. The number of benzene rings is 3. The molecule has 0 saturated carbocycles. The third-order valence-corrected chi connectivity index (χ3v) is 5.86. The zero-order chi connectivity index (χ0) is 33.1. The van der Waals surface area contributed by atoms with Crippen molar-refractivity contribution in [1.29, 1.82) is 0 Å². The highest BCUT2D eigenvalue weighted by molar-refractivity contribution is 5.97. The van der Waals surface area contributed by atoms with Crippen molar-refractivity contribution < 1.29 is 62.3 Å². The second-order valence-electron chi connectivity index (χ2n) is 9.11. The lowest BCUT2D eigenvalue weighted by molar-refractivity contribution is -0.159. The number of carbonyl (C=O) groups is 6. The Balaban J connectivity index is 1.93. The maximum absolute atomic E-state index is 13.3. The Morgan fingerprint density at radius 2 is 1.13 bits per heavy atom. The van der Waals surface area contributed by atoms with Gasteiger partial charge in [-0.25, -0.2) is 14.4 Å². The molecule has 0 aliphatic carbocycles. The maximum atomic E-state index is 13.3. The van der Waals surface area contributed by atoms with Crippen molar-refractivity contribution in [3.05, 3.63) is 83.4 Å². The Morgan fingerprint density at radius 3 is 1.56 bits per heavy atom. The number of nitrogens with one attached hydrogen (secondary N) is 1. The van der Waals surface area contributed by atoms with E-state index in [4.69, 9.17) is 28.4 Å². The lowest BCUT2D eigenvalue weighted by Crippen LogP contribution is -2.50.